The van der Waals surface area contributed by atoms with Crippen LogP contribution in [0, 0.1) is 11.7 Å². The van der Waals surface area contributed by atoms with Gasteiger partial charge in [-0.15, -0.1) is 0 Å². The van der Waals surface area contributed by atoms with Crippen LogP contribution in [0.25, 0.3) is 0 Å². The molecule has 0 atom stereocenters. The summed E-state index contributed by atoms with van der Waals surface area (Å²) in [6, 6.07) is 4.60. The predicted molar refractivity (Wildman–Crippen MR) is 99.8 cm³/mol. The number of benzene rings is 1. The number of piperidine rings is 1. The summed E-state index contributed by atoms with van der Waals surface area (Å²) < 4.78 is 26.6. The van der Waals surface area contributed by atoms with Crippen LogP contribution in [-0.2, 0) is 9.31 Å². The van der Waals surface area contributed by atoms with Crippen molar-refractivity contribution in [3.63, 3.8) is 0 Å². The Balaban J connectivity index is 1.73. The molecule has 1 aromatic rings. The number of carbonyl (C=O) groups excluding carboxylic acids is 1. The molecule has 0 unspecified atom stereocenters. The second kappa shape index (κ2) is 6.95. The zero-order chi connectivity index (χ0) is 19.1. The van der Waals surface area contributed by atoms with Crippen molar-refractivity contribution in [1.29, 1.82) is 0 Å². The first-order valence-electron chi connectivity index (χ1n) is 9.29. The average Bonchev–Trinajstić information content (AvgIpc) is 2.82. The maximum Gasteiger partial charge on any atom is 0.494 e. The van der Waals surface area contributed by atoms with Crippen molar-refractivity contribution in [3.8, 4) is 0 Å². The molecule has 0 saturated carbocycles. The van der Waals surface area contributed by atoms with Crippen LogP contribution < -0.4 is 11.2 Å². The number of amides is 1. The fraction of sp³-hybridized carbons (Fsp3) is 0.632. The first-order chi connectivity index (χ1) is 12.1. The smallest absolute Gasteiger partial charge is 0.399 e. The van der Waals surface area contributed by atoms with Gasteiger partial charge < -0.3 is 19.9 Å². The van der Waals surface area contributed by atoms with E-state index in [2.05, 4.69) is 0 Å². The van der Waals surface area contributed by atoms with Gasteiger partial charge in [-0.3, -0.25) is 4.79 Å². The summed E-state index contributed by atoms with van der Waals surface area (Å²) in [6.45, 7) is 9.69. The second-order valence-electron chi connectivity index (χ2n) is 8.30. The van der Waals surface area contributed by atoms with Gasteiger partial charge in [0.15, 0.2) is 0 Å². The highest BCUT2D eigenvalue weighted by atomic mass is 19.1. The summed E-state index contributed by atoms with van der Waals surface area (Å²) in [5, 5.41) is 0. The minimum Gasteiger partial charge on any atom is -0.399 e. The molecule has 0 aromatic heterocycles. The van der Waals surface area contributed by atoms with Gasteiger partial charge in [-0.05, 0) is 70.6 Å². The first kappa shape index (κ1) is 19.3. The maximum atomic E-state index is 14.7. The lowest BCUT2D eigenvalue weighted by molar-refractivity contribution is 0.00578. The molecule has 5 nitrogen and oxygen atoms in total. The largest absolute Gasteiger partial charge is 0.494 e. The van der Waals surface area contributed by atoms with E-state index in [0.717, 1.165) is 12.8 Å². The van der Waals surface area contributed by atoms with Crippen LogP contribution in [0.4, 0.5) is 4.39 Å². The predicted octanol–water partition coefficient (Wildman–Crippen LogP) is 1.94. The zero-order valence-corrected chi connectivity index (χ0v) is 16.0. The Morgan fingerprint density at radius 1 is 1.23 bits per heavy atom. The standard InChI is InChI=1S/C19H28BFN2O3/c1-18(2)19(3,4)26-20(25-18)14-5-6-15(16(21)11-14)17(24)23-9-7-13(12-22)8-10-23/h5-6,11,13H,7-10,12,22H2,1-4H3. The molecule has 0 radical (unpaired) electrons. The molecule has 2 fully saturated rings. The quantitative estimate of drug-likeness (QED) is 0.835. The lowest BCUT2D eigenvalue weighted by Gasteiger charge is -2.32. The molecule has 1 aromatic carbocycles. The summed E-state index contributed by atoms with van der Waals surface area (Å²) >= 11 is 0. The third-order valence-corrected chi connectivity index (χ3v) is 5.98. The molecule has 7 heteroatoms. The summed E-state index contributed by atoms with van der Waals surface area (Å²) in [5.74, 6) is -0.351. The zero-order valence-electron chi connectivity index (χ0n) is 16.0. The molecule has 0 spiro atoms. The molecule has 2 N–H and O–H groups in total. The molecule has 2 aliphatic rings. The Morgan fingerprint density at radius 3 is 2.31 bits per heavy atom. The number of hydrogen-bond donors (Lipinski definition) is 1. The molecule has 2 heterocycles. The van der Waals surface area contributed by atoms with Gasteiger partial charge in [0.05, 0.1) is 16.8 Å². The van der Waals surface area contributed by atoms with Crippen molar-refractivity contribution in [2.24, 2.45) is 11.7 Å². The number of hydrogen-bond acceptors (Lipinski definition) is 4. The fourth-order valence-electron chi connectivity index (χ4n) is 3.37. The van der Waals surface area contributed by atoms with E-state index in [4.69, 9.17) is 15.0 Å². The van der Waals surface area contributed by atoms with Crippen LogP contribution in [-0.4, -0.2) is 48.8 Å². The molecule has 26 heavy (non-hydrogen) atoms. The van der Waals surface area contributed by atoms with Crippen molar-refractivity contribution in [3.05, 3.63) is 29.6 Å². The number of carbonyl (C=O) groups is 1. The van der Waals surface area contributed by atoms with Crippen molar-refractivity contribution in [1.82, 2.24) is 4.90 Å². The number of nitrogens with two attached hydrogens (primary N) is 1. The minimum absolute atomic E-state index is 0.0939. The summed E-state index contributed by atoms with van der Waals surface area (Å²) in [7, 11) is -0.640. The molecule has 0 bridgehead atoms. The van der Waals surface area contributed by atoms with E-state index in [0.29, 0.717) is 31.0 Å². The fourth-order valence-corrected chi connectivity index (χ4v) is 3.37. The maximum absolute atomic E-state index is 14.7. The highest BCUT2D eigenvalue weighted by molar-refractivity contribution is 6.62. The first-order valence-corrected chi connectivity index (χ1v) is 9.29. The summed E-state index contributed by atoms with van der Waals surface area (Å²) in [6.07, 6.45) is 1.74. The monoisotopic (exact) mass is 362 g/mol. The molecular formula is C19H28BFN2O3. The highest BCUT2D eigenvalue weighted by Crippen LogP contribution is 2.36. The summed E-state index contributed by atoms with van der Waals surface area (Å²) in [5.41, 5.74) is 5.38. The van der Waals surface area contributed by atoms with Crippen LogP contribution in [0.15, 0.2) is 18.2 Å². The normalized spacial score (nSPS) is 22.7. The van der Waals surface area contributed by atoms with Crippen LogP contribution in [0.1, 0.15) is 50.9 Å². The SMILES string of the molecule is CC1(C)OB(c2ccc(C(=O)N3CCC(CN)CC3)c(F)c2)OC1(C)C. The topological polar surface area (TPSA) is 64.8 Å². The molecule has 3 rings (SSSR count). The third-order valence-electron chi connectivity index (χ3n) is 5.98. The number of likely N-dealkylation sites (tertiary alicyclic amines) is 1. The van der Waals surface area contributed by atoms with Crippen molar-refractivity contribution in [2.45, 2.75) is 51.7 Å². The lowest BCUT2D eigenvalue weighted by atomic mass is 9.78. The van der Waals surface area contributed by atoms with E-state index in [9.17, 15) is 9.18 Å². The van der Waals surface area contributed by atoms with Gasteiger partial charge in [0.2, 0.25) is 0 Å². The minimum atomic E-state index is -0.640. The Hall–Kier alpha value is -1.44. The molecule has 0 aliphatic carbocycles. The van der Waals surface area contributed by atoms with Gasteiger partial charge in [0, 0.05) is 13.1 Å². The Labute approximate surface area is 155 Å². The van der Waals surface area contributed by atoms with Crippen LogP contribution in [0.3, 0.4) is 0 Å². The Bertz CT molecular complexity index is 671. The van der Waals surface area contributed by atoms with Gasteiger partial charge in [-0.2, -0.15) is 0 Å². The summed E-state index contributed by atoms with van der Waals surface area (Å²) in [4.78, 5) is 14.4. The van der Waals surface area contributed by atoms with E-state index < -0.39 is 24.1 Å². The Kier molecular flexibility index (Phi) is 5.16. The van der Waals surface area contributed by atoms with E-state index in [1.807, 2.05) is 27.7 Å². The average molecular weight is 362 g/mol. The van der Waals surface area contributed by atoms with Crippen LogP contribution in [0.2, 0.25) is 0 Å². The van der Waals surface area contributed by atoms with E-state index in [1.54, 1.807) is 11.0 Å². The molecule has 1 amide bonds. The highest BCUT2D eigenvalue weighted by Gasteiger charge is 2.51. The van der Waals surface area contributed by atoms with Gasteiger partial charge in [-0.25, -0.2) is 4.39 Å². The van der Waals surface area contributed by atoms with E-state index in [-0.39, 0.29) is 11.5 Å². The number of nitrogens with zero attached hydrogens (tertiary/aromatic N) is 1. The van der Waals surface area contributed by atoms with Gasteiger partial charge in [0.25, 0.3) is 5.91 Å². The van der Waals surface area contributed by atoms with E-state index >= 15 is 0 Å². The van der Waals surface area contributed by atoms with E-state index in [1.165, 1.54) is 12.1 Å². The van der Waals surface area contributed by atoms with Crippen molar-refractivity contribution in [2.75, 3.05) is 19.6 Å². The Morgan fingerprint density at radius 2 is 1.81 bits per heavy atom. The molecule has 2 saturated heterocycles. The molecule has 2 aliphatic heterocycles. The van der Waals surface area contributed by atoms with Gasteiger partial charge in [-0.1, -0.05) is 6.07 Å². The van der Waals surface area contributed by atoms with Crippen LogP contribution >= 0.6 is 0 Å². The van der Waals surface area contributed by atoms with Crippen molar-refractivity contribution >= 4 is 18.5 Å². The number of halogens is 1. The van der Waals surface area contributed by atoms with Gasteiger partial charge >= 0.3 is 7.12 Å². The number of rotatable bonds is 3. The lowest BCUT2D eigenvalue weighted by Crippen LogP contribution is -2.41. The molecular weight excluding hydrogens is 334 g/mol. The third kappa shape index (κ3) is 3.52. The van der Waals surface area contributed by atoms with Crippen molar-refractivity contribution < 1.29 is 18.5 Å². The van der Waals surface area contributed by atoms with Gasteiger partial charge in [0.1, 0.15) is 5.82 Å². The van der Waals surface area contributed by atoms with Crippen LogP contribution in [0.5, 0.6) is 0 Å². The molecule has 142 valence electrons. The second-order valence-corrected chi connectivity index (χ2v) is 8.30.